The lowest BCUT2D eigenvalue weighted by molar-refractivity contribution is 0.590. The average molecular weight is 913 g/mol. The van der Waals surface area contributed by atoms with E-state index in [1.165, 1.54) is 122 Å². The number of hydrogen-bond acceptors (Lipinski definition) is 2. The molecule has 0 aliphatic rings. The van der Waals surface area contributed by atoms with E-state index >= 15 is 0 Å². The van der Waals surface area contributed by atoms with Gasteiger partial charge in [-0.05, 0) is 150 Å². The van der Waals surface area contributed by atoms with Crippen molar-refractivity contribution >= 4 is 66.4 Å². The van der Waals surface area contributed by atoms with Crippen LogP contribution in [0.4, 0.5) is 34.1 Å². The van der Waals surface area contributed by atoms with Crippen LogP contribution in [0.25, 0.3) is 54.6 Å². The number of para-hydroxylation sites is 2. The molecule has 0 aromatic heterocycles. The summed E-state index contributed by atoms with van der Waals surface area (Å²) in [4.78, 5) is 5.21. The quantitative estimate of drug-likeness (QED) is 0.126. The molecule has 0 fully saturated rings. The largest absolute Gasteiger partial charge is 0.309 e. The molecule has 10 aromatic carbocycles. The van der Waals surface area contributed by atoms with Crippen molar-refractivity contribution < 1.29 is 0 Å². The molecule has 0 atom stereocenters. The van der Waals surface area contributed by atoms with Gasteiger partial charge in [0, 0.05) is 33.5 Å². The highest BCUT2D eigenvalue weighted by Gasteiger charge is 2.31. The Labute approximate surface area is 417 Å². The van der Waals surface area contributed by atoms with Crippen molar-refractivity contribution in [2.24, 2.45) is 0 Å². The molecular formula is C68H68N2. The molecule has 2 heteroatoms. The second kappa shape index (κ2) is 18.0. The van der Waals surface area contributed by atoms with Gasteiger partial charge in [-0.2, -0.15) is 0 Å². The van der Waals surface area contributed by atoms with Crippen molar-refractivity contribution in [3.63, 3.8) is 0 Å². The van der Waals surface area contributed by atoms with E-state index in [4.69, 9.17) is 0 Å². The highest BCUT2D eigenvalue weighted by atomic mass is 15.2. The summed E-state index contributed by atoms with van der Waals surface area (Å²) in [7, 11) is 0. The van der Waals surface area contributed by atoms with Gasteiger partial charge < -0.3 is 9.80 Å². The van der Waals surface area contributed by atoms with Crippen molar-refractivity contribution in [3.05, 3.63) is 215 Å². The highest BCUT2D eigenvalue weighted by molar-refractivity contribution is 6.29. The van der Waals surface area contributed by atoms with Gasteiger partial charge in [0.05, 0.1) is 11.4 Å². The van der Waals surface area contributed by atoms with Gasteiger partial charge >= 0.3 is 0 Å². The summed E-state index contributed by atoms with van der Waals surface area (Å²) < 4.78 is 0. The van der Waals surface area contributed by atoms with Crippen LogP contribution in [0.5, 0.6) is 0 Å². The topological polar surface area (TPSA) is 6.48 Å². The molecule has 350 valence electrons. The third kappa shape index (κ3) is 8.22. The molecule has 0 bridgehead atoms. The first-order chi connectivity index (χ1) is 33.5. The van der Waals surface area contributed by atoms with Crippen molar-refractivity contribution in [1.29, 1.82) is 0 Å². The zero-order valence-corrected chi connectivity index (χ0v) is 43.4. The third-order valence-electron chi connectivity index (χ3n) is 14.7. The van der Waals surface area contributed by atoms with Gasteiger partial charge in [-0.1, -0.05) is 215 Å². The van der Waals surface area contributed by atoms with Crippen LogP contribution < -0.4 is 9.80 Å². The summed E-state index contributed by atoms with van der Waals surface area (Å²) in [6, 6.07) is 68.7. The Morgan fingerprint density at radius 2 is 0.657 bits per heavy atom. The summed E-state index contributed by atoms with van der Waals surface area (Å²) in [5.74, 6) is 0.532. The first-order valence-corrected chi connectivity index (χ1v) is 25.4. The Morgan fingerprint density at radius 1 is 0.314 bits per heavy atom. The van der Waals surface area contributed by atoms with Gasteiger partial charge in [0.25, 0.3) is 0 Å². The van der Waals surface area contributed by atoms with Gasteiger partial charge in [-0.3, -0.25) is 0 Å². The van der Waals surface area contributed by atoms with Crippen LogP contribution in [0.3, 0.4) is 0 Å². The Bertz CT molecular complexity index is 3290. The average Bonchev–Trinajstić information content (AvgIpc) is 3.35. The molecule has 10 aromatic rings. The van der Waals surface area contributed by atoms with Crippen LogP contribution in [0.15, 0.2) is 182 Å². The second-order valence-electron chi connectivity index (χ2n) is 22.3. The first kappa shape index (κ1) is 46.6. The normalized spacial score (nSPS) is 12.3. The molecule has 0 aliphatic carbocycles. The molecule has 0 N–H and O–H groups in total. The van der Waals surface area contributed by atoms with E-state index in [9.17, 15) is 0 Å². The zero-order chi connectivity index (χ0) is 49.2. The van der Waals surface area contributed by atoms with Crippen LogP contribution in [-0.4, -0.2) is 0 Å². The predicted molar refractivity (Wildman–Crippen MR) is 305 cm³/mol. The summed E-state index contributed by atoms with van der Waals surface area (Å²) in [5, 5.41) is 7.80. The zero-order valence-electron chi connectivity index (χ0n) is 43.4. The number of anilines is 6. The lowest BCUT2D eigenvalue weighted by atomic mass is 9.82. The molecule has 0 aliphatic heterocycles. The fourth-order valence-electron chi connectivity index (χ4n) is 11.0. The van der Waals surface area contributed by atoms with Crippen LogP contribution in [0, 0.1) is 13.8 Å². The molecule has 0 spiro atoms. The summed E-state index contributed by atoms with van der Waals surface area (Å²) in [6.45, 7) is 28.1. The minimum Gasteiger partial charge on any atom is -0.309 e. The summed E-state index contributed by atoms with van der Waals surface area (Å²) in [5.41, 5.74) is 19.6. The Balaban J connectivity index is 1.35. The van der Waals surface area contributed by atoms with Gasteiger partial charge in [-0.25, -0.2) is 0 Å². The van der Waals surface area contributed by atoms with E-state index in [0.717, 1.165) is 0 Å². The van der Waals surface area contributed by atoms with Gasteiger partial charge in [0.15, 0.2) is 0 Å². The highest BCUT2D eigenvalue weighted by Crippen LogP contribution is 2.53. The van der Waals surface area contributed by atoms with E-state index in [2.05, 4.69) is 275 Å². The molecule has 2 nitrogen and oxygen atoms in total. The van der Waals surface area contributed by atoms with E-state index in [-0.39, 0.29) is 22.7 Å². The van der Waals surface area contributed by atoms with E-state index < -0.39 is 0 Å². The second-order valence-corrected chi connectivity index (χ2v) is 22.3. The smallest absolute Gasteiger partial charge is 0.0543 e. The Hall–Kier alpha value is -7.16. The van der Waals surface area contributed by atoms with Crippen LogP contribution in [0.1, 0.15) is 114 Å². The van der Waals surface area contributed by atoms with E-state index in [0.29, 0.717) is 0 Å². The fraction of sp³-hybridized carbons (Fsp3) is 0.235. The van der Waals surface area contributed by atoms with E-state index in [1.54, 1.807) is 0 Å². The maximum Gasteiger partial charge on any atom is 0.0543 e. The van der Waals surface area contributed by atoms with Crippen LogP contribution >= 0.6 is 0 Å². The van der Waals surface area contributed by atoms with Crippen molar-refractivity contribution in [2.45, 2.75) is 106 Å². The summed E-state index contributed by atoms with van der Waals surface area (Å²) >= 11 is 0. The minimum atomic E-state index is -0.117. The lowest BCUT2D eigenvalue weighted by Gasteiger charge is -2.36. The number of aryl methyl sites for hydroxylation is 2. The maximum absolute atomic E-state index is 2.61. The monoisotopic (exact) mass is 913 g/mol. The molecule has 0 saturated carbocycles. The SMILES string of the molecule is Cc1ccc(-c2ccccc2)cc1N(c1ccccc1C(C)(C)C)c1cc(C(C)C)c2ccc3c(N(c4cc(-c5ccccc5)ccc4C)c4ccccc4C(C)(C)C)cc(C(C)C)c4ccc1c2c43. The number of rotatable bonds is 10. The number of hydrogen-bond donors (Lipinski definition) is 0. The van der Waals surface area contributed by atoms with Crippen LogP contribution in [-0.2, 0) is 10.8 Å². The van der Waals surface area contributed by atoms with E-state index in [1.807, 2.05) is 0 Å². The molecule has 0 saturated heterocycles. The van der Waals surface area contributed by atoms with Gasteiger partial charge in [0.2, 0.25) is 0 Å². The fourth-order valence-corrected chi connectivity index (χ4v) is 11.0. The third-order valence-corrected chi connectivity index (χ3v) is 14.7. The van der Waals surface area contributed by atoms with Crippen molar-refractivity contribution in [1.82, 2.24) is 0 Å². The number of benzene rings is 10. The Kier molecular flexibility index (Phi) is 12.0. The number of nitrogens with zero attached hydrogens (tertiary/aromatic N) is 2. The summed E-state index contributed by atoms with van der Waals surface area (Å²) in [6.07, 6.45) is 0. The molecule has 0 heterocycles. The standard InChI is InChI=1S/C68H68N2/c1-43(2)55-41-63(69(59-29-21-19-27-57(59)67(7,8)9)61-39-49(33-31-45(61)5)47-23-15-13-16-24-47)53-38-36-52-56(44(3)4)42-64(54-37-35-51(55)65(53)66(52)54)70(60-30-22-20-28-58(60)68(10,11)12)62-40-50(34-32-46(62)6)48-25-17-14-18-26-48/h13-44H,1-12H3. The molecule has 70 heavy (non-hydrogen) atoms. The first-order valence-electron chi connectivity index (χ1n) is 25.4. The molecule has 0 unspecified atom stereocenters. The lowest BCUT2D eigenvalue weighted by Crippen LogP contribution is -2.20. The molecule has 10 rings (SSSR count). The van der Waals surface area contributed by atoms with Gasteiger partial charge in [0.1, 0.15) is 0 Å². The molecular weight excluding hydrogens is 845 g/mol. The van der Waals surface area contributed by atoms with Crippen molar-refractivity contribution in [2.75, 3.05) is 9.80 Å². The minimum absolute atomic E-state index is 0.117. The Morgan fingerprint density at radius 3 is 1.01 bits per heavy atom. The van der Waals surface area contributed by atoms with Gasteiger partial charge in [-0.15, -0.1) is 0 Å². The molecule has 0 amide bonds. The predicted octanol–water partition coefficient (Wildman–Crippen LogP) is 20.3. The van der Waals surface area contributed by atoms with Crippen molar-refractivity contribution in [3.8, 4) is 22.3 Å². The van der Waals surface area contributed by atoms with Crippen LogP contribution in [0.2, 0.25) is 0 Å². The maximum atomic E-state index is 2.61. The molecule has 0 radical (unpaired) electrons.